The fourth-order valence-corrected chi connectivity index (χ4v) is 3.88. The summed E-state index contributed by atoms with van der Waals surface area (Å²) in [4.78, 5) is 0. The maximum Gasteiger partial charge on any atom is 0.135 e. The summed E-state index contributed by atoms with van der Waals surface area (Å²) in [5, 5.41) is 14.3. The van der Waals surface area contributed by atoms with E-state index in [-0.39, 0.29) is 23.8 Å². The molecule has 0 saturated carbocycles. The van der Waals surface area contributed by atoms with Gasteiger partial charge < -0.3 is 15.3 Å². The molecule has 0 aromatic heterocycles. The third-order valence-electron chi connectivity index (χ3n) is 5.12. The number of nitrogens with zero attached hydrogens (tertiary/aromatic N) is 1. The summed E-state index contributed by atoms with van der Waals surface area (Å²) in [5.41, 5.74) is 7.58. The molecule has 4 nitrogen and oxygen atoms in total. The van der Waals surface area contributed by atoms with Crippen molar-refractivity contribution in [2.45, 2.75) is 12.1 Å². The SMILES string of the molecule is Oc1ccc(C2NN=C3c4ccccc4OC(c4ccccc4)C32)cc1. The lowest BCUT2D eigenvalue weighted by atomic mass is 9.79. The van der Waals surface area contributed by atoms with Crippen LogP contribution in [0.1, 0.15) is 28.8 Å². The number of phenols is 1. The molecule has 26 heavy (non-hydrogen) atoms. The van der Waals surface area contributed by atoms with Crippen molar-refractivity contribution < 1.29 is 9.84 Å². The number of ether oxygens (including phenoxy) is 1. The summed E-state index contributed by atoms with van der Waals surface area (Å²) in [6.07, 6.45) is -0.126. The number of fused-ring (bicyclic) bond motifs is 3. The van der Waals surface area contributed by atoms with Crippen molar-refractivity contribution in [3.8, 4) is 11.5 Å². The minimum absolute atomic E-state index is 0.0100. The highest BCUT2D eigenvalue weighted by Crippen LogP contribution is 2.46. The zero-order chi connectivity index (χ0) is 17.5. The summed E-state index contributed by atoms with van der Waals surface area (Å²) in [6.45, 7) is 0. The predicted octanol–water partition coefficient (Wildman–Crippen LogP) is 4.19. The normalized spacial score (nSPS) is 23.2. The second kappa shape index (κ2) is 5.92. The Hall–Kier alpha value is -3.27. The number of aromatic hydroxyl groups is 1. The molecule has 0 fully saturated rings. The second-order valence-electron chi connectivity index (χ2n) is 6.67. The van der Waals surface area contributed by atoms with Crippen LogP contribution in [0.4, 0.5) is 0 Å². The number of hydrogen-bond donors (Lipinski definition) is 2. The molecule has 0 saturated heterocycles. The molecule has 4 heteroatoms. The molecule has 2 N–H and O–H groups in total. The minimum Gasteiger partial charge on any atom is -0.508 e. The van der Waals surface area contributed by atoms with Gasteiger partial charge in [-0.3, -0.25) is 0 Å². The quantitative estimate of drug-likeness (QED) is 0.734. The number of nitrogens with one attached hydrogen (secondary N) is 1. The Bertz CT molecular complexity index is 967. The number of hydrazone groups is 1. The first-order chi connectivity index (χ1) is 12.8. The van der Waals surface area contributed by atoms with Crippen molar-refractivity contribution in [3.63, 3.8) is 0 Å². The van der Waals surface area contributed by atoms with Crippen LogP contribution in [0.3, 0.4) is 0 Å². The molecule has 5 rings (SSSR count). The van der Waals surface area contributed by atoms with E-state index in [1.54, 1.807) is 12.1 Å². The van der Waals surface area contributed by atoms with Crippen LogP contribution in [-0.2, 0) is 0 Å². The van der Waals surface area contributed by atoms with Crippen LogP contribution in [0.15, 0.2) is 84.0 Å². The maximum absolute atomic E-state index is 9.62. The number of phenolic OH excluding ortho intramolecular Hbond substituents is 1. The van der Waals surface area contributed by atoms with Crippen LogP contribution in [0.2, 0.25) is 0 Å². The zero-order valence-electron chi connectivity index (χ0n) is 14.0. The van der Waals surface area contributed by atoms with Gasteiger partial charge in [0.25, 0.3) is 0 Å². The molecule has 128 valence electrons. The molecule has 2 aliphatic heterocycles. The summed E-state index contributed by atoms with van der Waals surface area (Å²) in [6, 6.07) is 25.6. The maximum atomic E-state index is 9.62. The Kier molecular flexibility index (Phi) is 3.42. The molecule has 2 heterocycles. The number of hydrogen-bond acceptors (Lipinski definition) is 4. The molecule has 0 amide bonds. The van der Waals surface area contributed by atoms with E-state index in [0.717, 1.165) is 28.2 Å². The molecule has 3 atom stereocenters. The second-order valence-corrected chi connectivity index (χ2v) is 6.67. The third kappa shape index (κ3) is 2.34. The van der Waals surface area contributed by atoms with Crippen molar-refractivity contribution in [3.05, 3.63) is 95.6 Å². The average Bonchev–Trinajstić information content (AvgIpc) is 3.14. The van der Waals surface area contributed by atoms with Crippen molar-refractivity contribution in [1.29, 1.82) is 0 Å². The highest BCUT2D eigenvalue weighted by molar-refractivity contribution is 6.07. The number of para-hydroxylation sites is 1. The van der Waals surface area contributed by atoms with Crippen molar-refractivity contribution in [1.82, 2.24) is 5.43 Å². The molecule has 3 unspecified atom stereocenters. The van der Waals surface area contributed by atoms with E-state index in [4.69, 9.17) is 4.74 Å². The first-order valence-corrected chi connectivity index (χ1v) is 8.74. The first kappa shape index (κ1) is 15.0. The number of rotatable bonds is 2. The van der Waals surface area contributed by atoms with Gasteiger partial charge in [-0.25, -0.2) is 0 Å². The Morgan fingerprint density at radius 3 is 2.35 bits per heavy atom. The Balaban J connectivity index is 1.63. The van der Waals surface area contributed by atoms with Gasteiger partial charge in [0.2, 0.25) is 0 Å². The largest absolute Gasteiger partial charge is 0.508 e. The van der Waals surface area contributed by atoms with Gasteiger partial charge in [-0.2, -0.15) is 5.10 Å². The lowest BCUT2D eigenvalue weighted by Crippen LogP contribution is -2.34. The molecule has 0 bridgehead atoms. The van der Waals surface area contributed by atoms with Crippen molar-refractivity contribution >= 4 is 5.71 Å². The topological polar surface area (TPSA) is 53.8 Å². The summed E-state index contributed by atoms with van der Waals surface area (Å²) < 4.78 is 6.44. The van der Waals surface area contributed by atoms with E-state index in [1.165, 1.54) is 0 Å². The zero-order valence-corrected chi connectivity index (χ0v) is 14.0. The molecule has 0 radical (unpaired) electrons. The molecule has 0 aliphatic carbocycles. The van der Waals surface area contributed by atoms with Gasteiger partial charge in [-0.1, -0.05) is 54.6 Å². The van der Waals surface area contributed by atoms with E-state index in [1.807, 2.05) is 48.5 Å². The van der Waals surface area contributed by atoms with Gasteiger partial charge in [0.05, 0.1) is 17.7 Å². The third-order valence-corrected chi connectivity index (χ3v) is 5.12. The van der Waals surface area contributed by atoms with E-state index in [0.29, 0.717) is 0 Å². The van der Waals surface area contributed by atoms with Gasteiger partial charge in [0, 0.05) is 5.56 Å². The van der Waals surface area contributed by atoms with Crippen LogP contribution in [0.25, 0.3) is 0 Å². The smallest absolute Gasteiger partial charge is 0.135 e. The molecular weight excluding hydrogens is 324 g/mol. The standard InChI is InChI=1S/C22H18N2O2/c25-16-12-10-14(11-13-16)20-19-21(24-23-20)17-8-4-5-9-18(17)26-22(19)15-6-2-1-3-7-15/h1-13,19-20,22-23,25H. The van der Waals surface area contributed by atoms with Gasteiger partial charge in [-0.15, -0.1) is 0 Å². The summed E-state index contributed by atoms with van der Waals surface area (Å²) in [5.74, 6) is 1.18. The summed E-state index contributed by atoms with van der Waals surface area (Å²) in [7, 11) is 0. The monoisotopic (exact) mass is 342 g/mol. The van der Waals surface area contributed by atoms with Crippen LogP contribution >= 0.6 is 0 Å². The Morgan fingerprint density at radius 1 is 0.808 bits per heavy atom. The van der Waals surface area contributed by atoms with Crippen LogP contribution in [0.5, 0.6) is 11.5 Å². The summed E-state index contributed by atoms with van der Waals surface area (Å²) >= 11 is 0. The van der Waals surface area contributed by atoms with Crippen LogP contribution in [0, 0.1) is 5.92 Å². The minimum atomic E-state index is -0.126. The molecule has 0 spiro atoms. The van der Waals surface area contributed by atoms with Crippen molar-refractivity contribution in [2.75, 3.05) is 0 Å². The lowest BCUT2D eigenvalue weighted by molar-refractivity contribution is 0.144. The fraction of sp³-hybridized carbons (Fsp3) is 0.136. The fourth-order valence-electron chi connectivity index (χ4n) is 3.88. The molecule has 3 aromatic carbocycles. The first-order valence-electron chi connectivity index (χ1n) is 8.74. The average molecular weight is 342 g/mol. The molecular formula is C22H18N2O2. The van der Waals surface area contributed by atoms with Crippen LogP contribution < -0.4 is 10.2 Å². The highest BCUT2D eigenvalue weighted by atomic mass is 16.5. The van der Waals surface area contributed by atoms with Gasteiger partial charge in [0.1, 0.15) is 17.6 Å². The Labute approximate surface area is 151 Å². The molecule has 3 aromatic rings. The predicted molar refractivity (Wildman–Crippen MR) is 100 cm³/mol. The number of benzene rings is 3. The van der Waals surface area contributed by atoms with E-state index in [9.17, 15) is 5.11 Å². The highest BCUT2D eigenvalue weighted by Gasteiger charge is 2.45. The van der Waals surface area contributed by atoms with Gasteiger partial charge >= 0.3 is 0 Å². The Morgan fingerprint density at radius 2 is 1.54 bits per heavy atom. The van der Waals surface area contributed by atoms with Crippen LogP contribution in [-0.4, -0.2) is 10.8 Å². The van der Waals surface area contributed by atoms with E-state index in [2.05, 4.69) is 28.7 Å². The molecule has 2 aliphatic rings. The van der Waals surface area contributed by atoms with E-state index >= 15 is 0 Å². The van der Waals surface area contributed by atoms with Gasteiger partial charge in [-0.05, 0) is 35.4 Å². The van der Waals surface area contributed by atoms with Gasteiger partial charge in [0.15, 0.2) is 0 Å². The lowest BCUT2D eigenvalue weighted by Gasteiger charge is -2.35. The van der Waals surface area contributed by atoms with E-state index < -0.39 is 0 Å². The van der Waals surface area contributed by atoms with Crippen molar-refractivity contribution in [2.24, 2.45) is 11.0 Å².